The second kappa shape index (κ2) is 9.54. The van der Waals surface area contributed by atoms with E-state index in [1.165, 1.54) is 31.0 Å². The molecule has 1 aliphatic heterocycles. The van der Waals surface area contributed by atoms with Crippen LogP contribution < -0.4 is 10.2 Å². The molecule has 0 amide bonds. The average Bonchev–Trinajstić information content (AvgIpc) is 3.59. The molecular formula is C26H28F2N6S. The minimum Gasteiger partial charge on any atom is -0.365 e. The summed E-state index contributed by atoms with van der Waals surface area (Å²) in [5.74, 6) is 0.429. The summed E-state index contributed by atoms with van der Waals surface area (Å²) < 4.78 is 29.9. The number of piperazine rings is 1. The highest BCUT2D eigenvalue weighted by Crippen LogP contribution is 2.35. The van der Waals surface area contributed by atoms with Crippen molar-refractivity contribution in [3.05, 3.63) is 65.7 Å². The average molecular weight is 495 g/mol. The Balaban J connectivity index is 1.23. The van der Waals surface area contributed by atoms with Crippen LogP contribution in [0.5, 0.6) is 0 Å². The van der Waals surface area contributed by atoms with Crippen LogP contribution in [0, 0.1) is 11.6 Å². The van der Waals surface area contributed by atoms with Gasteiger partial charge in [-0.25, -0.2) is 13.8 Å². The maximum atomic E-state index is 14.0. The van der Waals surface area contributed by atoms with Crippen molar-refractivity contribution < 1.29 is 8.78 Å². The monoisotopic (exact) mass is 494 g/mol. The fraction of sp³-hybridized carbons (Fsp3) is 0.385. The number of hydrogen-bond donors (Lipinski definition) is 1. The van der Waals surface area contributed by atoms with E-state index in [9.17, 15) is 8.78 Å². The molecule has 1 aliphatic carbocycles. The molecule has 1 saturated heterocycles. The van der Waals surface area contributed by atoms with Gasteiger partial charge in [-0.3, -0.25) is 4.90 Å². The van der Waals surface area contributed by atoms with Gasteiger partial charge in [-0.15, -0.1) is 5.10 Å². The van der Waals surface area contributed by atoms with Crippen LogP contribution in [0.3, 0.4) is 0 Å². The standard InChI is InChI=1S/C26H28F2N6S/c27-20-8-5-7-18(16-20)23-24(29-21-9-2-3-10-21)34-25(30-23)35-26(31-34)33-14-12-32(13-15-33)17-19-6-1-4-11-22(19)28/h1,4-8,11,16,21,29H,2-3,9-10,12-15,17H2. The first-order valence-corrected chi connectivity index (χ1v) is 13.1. The molecule has 0 radical (unpaired) electrons. The van der Waals surface area contributed by atoms with Crippen LogP contribution in [0.15, 0.2) is 48.5 Å². The molecule has 1 saturated carbocycles. The number of rotatable bonds is 6. The molecule has 2 aromatic carbocycles. The van der Waals surface area contributed by atoms with E-state index in [0.717, 1.165) is 71.8 Å². The number of nitrogens with zero attached hydrogens (tertiary/aromatic N) is 5. The maximum absolute atomic E-state index is 14.0. The molecule has 2 aromatic heterocycles. The minimum atomic E-state index is -0.271. The third-order valence-corrected chi connectivity index (χ3v) is 7.95. The topological polar surface area (TPSA) is 48.7 Å². The lowest BCUT2D eigenvalue weighted by atomic mass is 10.1. The molecule has 6 nitrogen and oxygen atoms in total. The molecule has 0 bridgehead atoms. The first-order valence-electron chi connectivity index (χ1n) is 12.3. The van der Waals surface area contributed by atoms with Crippen LogP contribution >= 0.6 is 11.3 Å². The first-order chi connectivity index (χ1) is 17.1. The number of hydrogen-bond acceptors (Lipinski definition) is 6. The van der Waals surface area contributed by atoms with Gasteiger partial charge in [0.25, 0.3) is 0 Å². The van der Waals surface area contributed by atoms with E-state index in [0.29, 0.717) is 12.6 Å². The number of benzene rings is 2. The second-order valence-electron chi connectivity index (χ2n) is 9.38. The molecule has 4 aromatic rings. The van der Waals surface area contributed by atoms with E-state index in [-0.39, 0.29) is 11.6 Å². The van der Waals surface area contributed by atoms with Crippen molar-refractivity contribution in [1.82, 2.24) is 19.5 Å². The smallest absolute Gasteiger partial charge is 0.216 e. The highest BCUT2D eigenvalue weighted by atomic mass is 32.1. The lowest BCUT2D eigenvalue weighted by Crippen LogP contribution is -2.46. The third kappa shape index (κ3) is 4.62. The lowest BCUT2D eigenvalue weighted by molar-refractivity contribution is 0.246. The van der Waals surface area contributed by atoms with E-state index in [4.69, 9.17) is 10.1 Å². The summed E-state index contributed by atoms with van der Waals surface area (Å²) in [6.45, 7) is 3.96. The van der Waals surface area contributed by atoms with Crippen molar-refractivity contribution >= 4 is 27.2 Å². The molecule has 1 N–H and O–H groups in total. The molecule has 0 atom stereocenters. The van der Waals surface area contributed by atoms with E-state index >= 15 is 0 Å². The zero-order chi connectivity index (χ0) is 23.8. The summed E-state index contributed by atoms with van der Waals surface area (Å²) >= 11 is 1.56. The fourth-order valence-corrected chi connectivity index (χ4v) is 6.01. The summed E-state index contributed by atoms with van der Waals surface area (Å²) in [5.41, 5.74) is 2.24. The van der Waals surface area contributed by atoms with Crippen molar-refractivity contribution in [2.45, 2.75) is 38.3 Å². The normalized spacial score (nSPS) is 17.5. The SMILES string of the molecule is Fc1cccc(-c2nc3sc(N4CCN(Cc5ccccc5F)CC4)nn3c2NC2CCCC2)c1. The Hall–Kier alpha value is -3.04. The number of nitrogens with one attached hydrogen (secondary N) is 1. The maximum Gasteiger partial charge on any atom is 0.216 e. The summed E-state index contributed by atoms with van der Waals surface area (Å²) in [5, 5.41) is 9.53. The van der Waals surface area contributed by atoms with Gasteiger partial charge in [0, 0.05) is 49.9 Å². The zero-order valence-corrected chi connectivity index (χ0v) is 20.3. The molecule has 0 unspecified atom stereocenters. The molecule has 3 heterocycles. The highest BCUT2D eigenvalue weighted by Gasteiger charge is 2.26. The van der Waals surface area contributed by atoms with Crippen LogP contribution in [0.4, 0.5) is 19.7 Å². The fourth-order valence-electron chi connectivity index (χ4n) is 5.06. The summed E-state index contributed by atoms with van der Waals surface area (Å²) in [6.07, 6.45) is 4.68. The summed E-state index contributed by atoms with van der Waals surface area (Å²) in [6, 6.07) is 14.0. The molecule has 2 fully saturated rings. The second-order valence-corrected chi connectivity index (χ2v) is 10.3. The van der Waals surface area contributed by atoms with E-state index in [2.05, 4.69) is 15.1 Å². The van der Waals surface area contributed by atoms with Gasteiger partial charge in [0.2, 0.25) is 10.1 Å². The largest absolute Gasteiger partial charge is 0.365 e. The molecule has 2 aliphatic rings. The molecule has 0 spiro atoms. The third-order valence-electron chi connectivity index (χ3n) is 6.98. The van der Waals surface area contributed by atoms with Crippen LogP contribution in [-0.2, 0) is 6.54 Å². The molecule has 6 rings (SSSR count). The van der Waals surface area contributed by atoms with Crippen LogP contribution in [0.25, 0.3) is 16.2 Å². The Bertz CT molecular complexity index is 1320. The summed E-state index contributed by atoms with van der Waals surface area (Å²) in [4.78, 5) is 10.2. The Morgan fingerprint density at radius 1 is 0.971 bits per heavy atom. The lowest BCUT2D eigenvalue weighted by Gasteiger charge is -2.34. The van der Waals surface area contributed by atoms with Gasteiger partial charge in [0.1, 0.15) is 17.3 Å². The predicted octanol–water partition coefficient (Wildman–Crippen LogP) is 5.41. The zero-order valence-electron chi connectivity index (χ0n) is 19.5. The van der Waals surface area contributed by atoms with Gasteiger partial charge < -0.3 is 10.2 Å². The van der Waals surface area contributed by atoms with Crippen LogP contribution in [0.2, 0.25) is 0 Å². The first kappa shape index (κ1) is 22.4. The highest BCUT2D eigenvalue weighted by molar-refractivity contribution is 7.20. The molecule has 35 heavy (non-hydrogen) atoms. The van der Waals surface area contributed by atoms with Crippen molar-refractivity contribution in [1.29, 1.82) is 0 Å². The van der Waals surface area contributed by atoms with Crippen molar-refractivity contribution in [3.63, 3.8) is 0 Å². The predicted molar refractivity (Wildman–Crippen MR) is 136 cm³/mol. The van der Waals surface area contributed by atoms with Gasteiger partial charge in [0.05, 0.1) is 0 Å². The quantitative estimate of drug-likeness (QED) is 0.388. The number of anilines is 2. The molecule has 182 valence electrons. The Kier molecular flexibility index (Phi) is 6.12. The van der Waals surface area contributed by atoms with Crippen molar-refractivity contribution in [3.8, 4) is 11.3 Å². The van der Waals surface area contributed by atoms with Crippen molar-refractivity contribution in [2.24, 2.45) is 0 Å². The number of imidazole rings is 1. The molecular weight excluding hydrogens is 466 g/mol. The van der Waals surface area contributed by atoms with E-state index in [1.54, 1.807) is 23.5 Å². The van der Waals surface area contributed by atoms with Crippen LogP contribution in [-0.4, -0.2) is 51.7 Å². The Labute approximate surface area is 207 Å². The number of aromatic nitrogens is 3. The summed E-state index contributed by atoms with van der Waals surface area (Å²) in [7, 11) is 0. The van der Waals surface area contributed by atoms with E-state index < -0.39 is 0 Å². The Morgan fingerprint density at radius 2 is 1.77 bits per heavy atom. The van der Waals surface area contributed by atoms with Crippen LogP contribution in [0.1, 0.15) is 31.2 Å². The van der Waals surface area contributed by atoms with Crippen molar-refractivity contribution in [2.75, 3.05) is 36.4 Å². The number of fused-ring (bicyclic) bond motifs is 1. The Morgan fingerprint density at radius 3 is 2.54 bits per heavy atom. The van der Waals surface area contributed by atoms with Gasteiger partial charge in [0.15, 0.2) is 5.82 Å². The van der Waals surface area contributed by atoms with Gasteiger partial charge >= 0.3 is 0 Å². The van der Waals surface area contributed by atoms with Gasteiger partial charge in [-0.2, -0.15) is 4.52 Å². The van der Waals surface area contributed by atoms with Gasteiger partial charge in [-0.05, 0) is 31.0 Å². The van der Waals surface area contributed by atoms with E-state index in [1.807, 2.05) is 22.7 Å². The minimum absolute atomic E-state index is 0.146. The molecule has 9 heteroatoms. The number of halogens is 2. The van der Waals surface area contributed by atoms with Gasteiger partial charge in [-0.1, -0.05) is 54.5 Å².